The molecule has 0 heterocycles. The molecule has 0 bridgehead atoms. The molecule has 0 aromatic rings. The summed E-state index contributed by atoms with van der Waals surface area (Å²) >= 11 is 1.77. The Morgan fingerprint density at radius 2 is 1.44 bits per heavy atom. The highest BCUT2D eigenvalue weighted by Crippen LogP contribution is 2.12. The van der Waals surface area contributed by atoms with Gasteiger partial charge < -0.3 is 10.4 Å². The van der Waals surface area contributed by atoms with E-state index in [0.717, 1.165) is 18.6 Å². The van der Waals surface area contributed by atoms with Crippen LogP contribution in [-0.4, -0.2) is 34.5 Å². The fourth-order valence-corrected chi connectivity index (χ4v) is 3.82. The fourth-order valence-electron chi connectivity index (χ4n) is 2.76. The first-order valence-corrected chi connectivity index (χ1v) is 11.3. The first kappa shape index (κ1) is 24.3. The Bertz CT molecular complexity index is 337. The summed E-state index contributed by atoms with van der Waals surface area (Å²) in [7, 11) is 0. The van der Waals surface area contributed by atoms with Crippen molar-refractivity contribution in [2.24, 2.45) is 0 Å². The van der Waals surface area contributed by atoms with Crippen molar-refractivity contribution in [3.63, 3.8) is 0 Å². The number of hydrogen-bond donors (Lipinski definition) is 2. The molecule has 0 unspecified atom stereocenters. The van der Waals surface area contributed by atoms with Crippen LogP contribution in [0.1, 0.15) is 97.3 Å². The van der Waals surface area contributed by atoms with Gasteiger partial charge in [-0.05, 0) is 18.6 Å². The van der Waals surface area contributed by atoms with E-state index < -0.39 is 5.97 Å². The molecule has 0 spiro atoms. The number of carboxylic acid groups (broad SMARTS) is 1. The van der Waals surface area contributed by atoms with Crippen LogP contribution in [0.4, 0.5) is 0 Å². The van der Waals surface area contributed by atoms with Crippen molar-refractivity contribution in [1.29, 1.82) is 0 Å². The summed E-state index contributed by atoms with van der Waals surface area (Å²) in [5.41, 5.74) is 0. The molecule has 1 amide bonds. The Hall–Kier alpha value is -0.710. The van der Waals surface area contributed by atoms with Crippen molar-refractivity contribution < 1.29 is 14.7 Å². The zero-order chi connectivity index (χ0) is 18.8. The molecule has 4 nitrogen and oxygen atoms in total. The Balaban J connectivity index is 3.84. The molecule has 5 heteroatoms. The van der Waals surface area contributed by atoms with E-state index in [9.17, 15) is 9.59 Å². The minimum atomic E-state index is -0.839. The van der Waals surface area contributed by atoms with E-state index in [0.29, 0.717) is 12.2 Å². The second-order valence-corrected chi connectivity index (χ2v) is 8.02. The molecule has 0 aromatic heterocycles. The highest BCUT2D eigenvalue weighted by Gasteiger charge is 2.15. The smallest absolute Gasteiger partial charge is 0.305 e. The van der Waals surface area contributed by atoms with E-state index in [-0.39, 0.29) is 18.4 Å². The molecule has 0 aliphatic carbocycles. The van der Waals surface area contributed by atoms with Crippen molar-refractivity contribution in [3.8, 4) is 0 Å². The number of aliphatic carboxylic acids is 1. The number of carboxylic acids is 1. The van der Waals surface area contributed by atoms with E-state index in [1.807, 2.05) is 0 Å². The van der Waals surface area contributed by atoms with Crippen LogP contribution in [-0.2, 0) is 9.59 Å². The van der Waals surface area contributed by atoms with Gasteiger partial charge in [-0.15, -0.1) is 0 Å². The summed E-state index contributed by atoms with van der Waals surface area (Å²) < 4.78 is 0. The van der Waals surface area contributed by atoms with Crippen LogP contribution in [0.25, 0.3) is 0 Å². The minimum Gasteiger partial charge on any atom is -0.481 e. The van der Waals surface area contributed by atoms with Gasteiger partial charge in [0.05, 0.1) is 6.42 Å². The summed E-state index contributed by atoms with van der Waals surface area (Å²) in [6, 6.07) is -0.245. The molecule has 0 radical (unpaired) electrons. The van der Waals surface area contributed by atoms with Gasteiger partial charge in [-0.3, -0.25) is 9.59 Å². The van der Waals surface area contributed by atoms with Crippen LogP contribution in [0.2, 0.25) is 0 Å². The second kappa shape index (κ2) is 18.1. The lowest BCUT2D eigenvalue weighted by atomic mass is 10.1. The molecule has 0 aromatic carbocycles. The lowest BCUT2D eigenvalue weighted by molar-refractivity contribution is -0.137. The van der Waals surface area contributed by atoms with Gasteiger partial charge in [0, 0.05) is 18.2 Å². The maximum atomic E-state index is 12.0. The largest absolute Gasteiger partial charge is 0.481 e. The quantitative estimate of drug-likeness (QED) is 0.316. The molecule has 0 rings (SSSR count). The molecule has 0 saturated carbocycles. The van der Waals surface area contributed by atoms with Gasteiger partial charge in [-0.25, -0.2) is 0 Å². The summed E-state index contributed by atoms with van der Waals surface area (Å²) in [6.07, 6.45) is 13.7. The van der Waals surface area contributed by atoms with E-state index in [1.54, 1.807) is 11.8 Å². The Kier molecular flexibility index (Phi) is 17.6. The molecule has 148 valence electrons. The van der Waals surface area contributed by atoms with Gasteiger partial charge in [-0.1, -0.05) is 71.6 Å². The van der Waals surface area contributed by atoms with Crippen molar-refractivity contribution in [2.75, 3.05) is 11.5 Å². The maximum Gasteiger partial charge on any atom is 0.305 e. The van der Waals surface area contributed by atoms with E-state index in [4.69, 9.17) is 5.11 Å². The van der Waals surface area contributed by atoms with Crippen molar-refractivity contribution >= 4 is 23.6 Å². The molecular weight excluding hydrogens is 334 g/mol. The number of rotatable bonds is 18. The van der Waals surface area contributed by atoms with Crippen molar-refractivity contribution in [1.82, 2.24) is 5.32 Å². The number of thioether (sulfide) groups is 1. The Labute approximate surface area is 158 Å². The number of carbonyl (C=O) groups is 2. The van der Waals surface area contributed by atoms with Gasteiger partial charge in [0.25, 0.3) is 0 Å². The van der Waals surface area contributed by atoms with Gasteiger partial charge >= 0.3 is 5.97 Å². The molecule has 2 N–H and O–H groups in total. The number of carbonyl (C=O) groups excluding carboxylic acids is 1. The molecule has 0 aliphatic heterocycles. The average molecular weight is 374 g/mol. The summed E-state index contributed by atoms with van der Waals surface area (Å²) in [4.78, 5) is 23.0. The summed E-state index contributed by atoms with van der Waals surface area (Å²) in [5, 5.41) is 12.0. The first-order valence-electron chi connectivity index (χ1n) is 10.2. The fraction of sp³-hybridized carbons (Fsp3) is 0.900. The van der Waals surface area contributed by atoms with Gasteiger partial charge in [-0.2, -0.15) is 11.8 Å². The third-order valence-electron chi connectivity index (χ3n) is 4.25. The SMILES string of the molecule is CCCCCCCCSC[C@H](CC(=O)O)NC(=O)CCCCCCC. The number of unbranched alkanes of at least 4 members (excludes halogenated alkanes) is 9. The van der Waals surface area contributed by atoms with Crippen molar-refractivity contribution in [2.45, 2.75) is 103 Å². The Morgan fingerprint density at radius 1 is 0.880 bits per heavy atom. The molecule has 0 aliphatic rings. The van der Waals surface area contributed by atoms with Crippen LogP contribution in [0.5, 0.6) is 0 Å². The third-order valence-corrected chi connectivity index (χ3v) is 5.47. The maximum absolute atomic E-state index is 12.0. The summed E-state index contributed by atoms with van der Waals surface area (Å²) in [5.74, 6) is 0.911. The monoisotopic (exact) mass is 373 g/mol. The average Bonchev–Trinajstić information content (AvgIpc) is 2.56. The van der Waals surface area contributed by atoms with Crippen molar-refractivity contribution in [3.05, 3.63) is 0 Å². The van der Waals surface area contributed by atoms with Gasteiger partial charge in [0.1, 0.15) is 0 Å². The van der Waals surface area contributed by atoms with Crippen LogP contribution in [0, 0.1) is 0 Å². The zero-order valence-corrected chi connectivity index (χ0v) is 17.2. The normalized spacial score (nSPS) is 12.1. The predicted octanol–water partition coefficient (Wildman–Crippen LogP) is 5.40. The number of nitrogens with one attached hydrogen (secondary N) is 1. The molecule has 0 fully saturated rings. The lowest BCUT2D eigenvalue weighted by Crippen LogP contribution is -2.38. The van der Waals surface area contributed by atoms with E-state index >= 15 is 0 Å². The third kappa shape index (κ3) is 17.9. The first-order chi connectivity index (χ1) is 12.1. The summed E-state index contributed by atoms with van der Waals surface area (Å²) in [6.45, 7) is 4.39. The highest BCUT2D eigenvalue weighted by atomic mass is 32.2. The standard InChI is InChI=1S/C20H39NO3S/c1-3-5-7-9-11-13-15-25-17-18(16-20(23)24)21-19(22)14-12-10-8-6-4-2/h18H,3-17H2,1-2H3,(H,21,22)(H,23,24)/t18-/m0/s1. The lowest BCUT2D eigenvalue weighted by Gasteiger charge is -2.16. The second-order valence-electron chi connectivity index (χ2n) is 6.87. The zero-order valence-electron chi connectivity index (χ0n) is 16.4. The topological polar surface area (TPSA) is 66.4 Å². The number of amides is 1. The Morgan fingerprint density at radius 3 is 2.04 bits per heavy atom. The van der Waals surface area contributed by atoms with E-state index in [2.05, 4.69) is 19.2 Å². The predicted molar refractivity (Wildman–Crippen MR) is 108 cm³/mol. The number of hydrogen-bond acceptors (Lipinski definition) is 3. The van der Waals surface area contributed by atoms with Gasteiger partial charge in [0.15, 0.2) is 0 Å². The molecule has 0 saturated heterocycles. The molecular formula is C20H39NO3S. The molecule has 1 atom stereocenters. The molecule has 25 heavy (non-hydrogen) atoms. The highest BCUT2D eigenvalue weighted by molar-refractivity contribution is 7.99. The van der Waals surface area contributed by atoms with Crippen LogP contribution < -0.4 is 5.32 Å². The van der Waals surface area contributed by atoms with E-state index in [1.165, 1.54) is 57.8 Å². The minimum absolute atomic E-state index is 0.00270. The van der Waals surface area contributed by atoms with Crippen LogP contribution in [0.15, 0.2) is 0 Å². The van der Waals surface area contributed by atoms with Crippen LogP contribution >= 0.6 is 11.8 Å². The van der Waals surface area contributed by atoms with Gasteiger partial charge in [0.2, 0.25) is 5.91 Å². The van der Waals surface area contributed by atoms with Crippen LogP contribution in [0.3, 0.4) is 0 Å².